The SMILES string of the molecule is COc1ccc(P(c2ccccc2)c2ccccc2)cc1Cl. The Balaban J connectivity index is 2.12. The zero-order valence-corrected chi connectivity index (χ0v) is 13.9. The summed E-state index contributed by atoms with van der Waals surface area (Å²) < 4.78 is 5.27. The van der Waals surface area contributed by atoms with Gasteiger partial charge in [-0.05, 0) is 36.0 Å². The smallest absolute Gasteiger partial charge is 0.137 e. The van der Waals surface area contributed by atoms with Gasteiger partial charge in [0.1, 0.15) is 5.75 Å². The van der Waals surface area contributed by atoms with Crippen molar-refractivity contribution < 1.29 is 4.74 Å². The van der Waals surface area contributed by atoms with Crippen LogP contribution in [0.2, 0.25) is 5.02 Å². The first-order chi connectivity index (χ1) is 10.8. The maximum absolute atomic E-state index is 6.33. The molecule has 0 aromatic heterocycles. The summed E-state index contributed by atoms with van der Waals surface area (Å²) in [6, 6.07) is 27.2. The second kappa shape index (κ2) is 6.96. The van der Waals surface area contributed by atoms with E-state index in [1.54, 1.807) is 7.11 Å². The molecule has 110 valence electrons. The van der Waals surface area contributed by atoms with E-state index in [0.29, 0.717) is 10.8 Å². The Bertz CT molecular complexity index is 704. The number of ether oxygens (including phenoxy) is 1. The average molecular weight is 327 g/mol. The van der Waals surface area contributed by atoms with Crippen molar-refractivity contribution in [2.75, 3.05) is 7.11 Å². The molecule has 0 aliphatic rings. The van der Waals surface area contributed by atoms with Gasteiger partial charge in [-0.15, -0.1) is 0 Å². The molecule has 0 fully saturated rings. The van der Waals surface area contributed by atoms with Crippen molar-refractivity contribution in [3.05, 3.63) is 83.9 Å². The highest BCUT2D eigenvalue weighted by Crippen LogP contribution is 2.35. The molecule has 3 aromatic carbocycles. The molecule has 3 heteroatoms. The van der Waals surface area contributed by atoms with Crippen molar-refractivity contribution in [3.8, 4) is 5.75 Å². The van der Waals surface area contributed by atoms with E-state index in [2.05, 4.69) is 54.6 Å². The predicted molar refractivity (Wildman–Crippen MR) is 96.7 cm³/mol. The number of halogens is 1. The van der Waals surface area contributed by atoms with E-state index >= 15 is 0 Å². The van der Waals surface area contributed by atoms with Crippen molar-refractivity contribution in [1.82, 2.24) is 0 Å². The van der Waals surface area contributed by atoms with Crippen LogP contribution < -0.4 is 20.7 Å². The van der Waals surface area contributed by atoms with Crippen LogP contribution in [0, 0.1) is 0 Å². The van der Waals surface area contributed by atoms with E-state index < -0.39 is 7.92 Å². The molecule has 0 amide bonds. The van der Waals surface area contributed by atoms with E-state index in [1.165, 1.54) is 15.9 Å². The standard InChI is InChI=1S/C19H16ClOP/c1-21-19-13-12-17(14-18(19)20)22(15-8-4-2-5-9-15)16-10-6-3-7-11-16/h2-14H,1H3. The van der Waals surface area contributed by atoms with Gasteiger partial charge in [0.15, 0.2) is 0 Å². The third-order valence-electron chi connectivity index (χ3n) is 3.42. The fourth-order valence-electron chi connectivity index (χ4n) is 2.40. The number of benzene rings is 3. The largest absolute Gasteiger partial charge is 0.495 e. The van der Waals surface area contributed by atoms with Crippen molar-refractivity contribution in [2.24, 2.45) is 0 Å². The third kappa shape index (κ3) is 3.16. The summed E-state index contributed by atoms with van der Waals surface area (Å²) in [7, 11) is 1.02. The highest BCUT2D eigenvalue weighted by Gasteiger charge is 2.17. The zero-order chi connectivity index (χ0) is 15.4. The third-order valence-corrected chi connectivity index (χ3v) is 6.14. The molecule has 0 bridgehead atoms. The van der Waals surface area contributed by atoms with Gasteiger partial charge in [-0.1, -0.05) is 78.3 Å². The van der Waals surface area contributed by atoms with Crippen LogP contribution in [0.3, 0.4) is 0 Å². The van der Waals surface area contributed by atoms with E-state index in [9.17, 15) is 0 Å². The summed E-state index contributed by atoms with van der Waals surface area (Å²) in [5.41, 5.74) is 0. The van der Waals surface area contributed by atoms with Gasteiger partial charge in [0.25, 0.3) is 0 Å². The van der Waals surface area contributed by atoms with E-state index in [0.717, 1.165) is 0 Å². The number of rotatable bonds is 4. The Hall–Kier alpha value is -1.82. The summed E-state index contributed by atoms with van der Waals surface area (Å²) >= 11 is 6.33. The fraction of sp³-hybridized carbons (Fsp3) is 0.0526. The molecule has 0 N–H and O–H groups in total. The minimum absolute atomic E-state index is 0.620. The number of hydrogen-bond acceptors (Lipinski definition) is 1. The van der Waals surface area contributed by atoms with Gasteiger partial charge in [-0.3, -0.25) is 0 Å². The quantitative estimate of drug-likeness (QED) is 0.656. The molecule has 0 atom stereocenters. The molecular weight excluding hydrogens is 311 g/mol. The number of hydrogen-bond donors (Lipinski definition) is 0. The lowest BCUT2D eigenvalue weighted by molar-refractivity contribution is 0.415. The molecule has 0 aliphatic carbocycles. The van der Waals surface area contributed by atoms with E-state index in [1.807, 2.05) is 24.3 Å². The monoisotopic (exact) mass is 326 g/mol. The second-order valence-corrected chi connectivity index (χ2v) is 7.45. The lowest BCUT2D eigenvalue weighted by Crippen LogP contribution is -2.20. The van der Waals surface area contributed by atoms with Gasteiger partial charge in [0, 0.05) is 0 Å². The maximum atomic E-state index is 6.33. The average Bonchev–Trinajstić information content (AvgIpc) is 2.57. The van der Waals surface area contributed by atoms with Gasteiger partial charge >= 0.3 is 0 Å². The first-order valence-corrected chi connectivity index (χ1v) is 8.75. The Morgan fingerprint density at radius 1 is 0.727 bits per heavy atom. The van der Waals surface area contributed by atoms with Crippen molar-refractivity contribution >= 4 is 35.4 Å². The van der Waals surface area contributed by atoms with Crippen LogP contribution in [-0.2, 0) is 0 Å². The zero-order valence-electron chi connectivity index (χ0n) is 12.2. The Morgan fingerprint density at radius 2 is 1.27 bits per heavy atom. The molecule has 0 unspecified atom stereocenters. The van der Waals surface area contributed by atoms with Crippen LogP contribution in [0.1, 0.15) is 0 Å². The molecule has 22 heavy (non-hydrogen) atoms. The first-order valence-electron chi connectivity index (χ1n) is 7.03. The molecule has 3 aromatic rings. The molecule has 0 radical (unpaired) electrons. The van der Waals surface area contributed by atoms with E-state index in [4.69, 9.17) is 16.3 Å². The van der Waals surface area contributed by atoms with Crippen molar-refractivity contribution in [3.63, 3.8) is 0 Å². The van der Waals surface area contributed by atoms with Crippen LogP contribution in [0.25, 0.3) is 0 Å². The van der Waals surface area contributed by atoms with Gasteiger partial charge in [-0.25, -0.2) is 0 Å². The summed E-state index contributed by atoms with van der Waals surface area (Å²) in [5.74, 6) is 0.710. The predicted octanol–water partition coefficient (Wildman–Crippen LogP) is 4.11. The topological polar surface area (TPSA) is 9.23 Å². The molecule has 0 saturated heterocycles. The fourth-order valence-corrected chi connectivity index (χ4v) is 5.05. The molecule has 0 saturated carbocycles. The molecule has 0 heterocycles. The molecule has 0 aliphatic heterocycles. The summed E-state index contributed by atoms with van der Waals surface area (Å²) in [4.78, 5) is 0. The Morgan fingerprint density at radius 3 is 1.73 bits per heavy atom. The van der Waals surface area contributed by atoms with Crippen LogP contribution in [0.5, 0.6) is 5.75 Å². The second-order valence-electron chi connectivity index (χ2n) is 4.83. The lowest BCUT2D eigenvalue weighted by Gasteiger charge is -2.20. The Kier molecular flexibility index (Phi) is 4.77. The van der Waals surface area contributed by atoms with Crippen molar-refractivity contribution in [2.45, 2.75) is 0 Å². The molecule has 3 rings (SSSR count). The lowest BCUT2D eigenvalue weighted by atomic mass is 10.3. The van der Waals surface area contributed by atoms with Crippen LogP contribution in [0.15, 0.2) is 78.9 Å². The highest BCUT2D eigenvalue weighted by atomic mass is 35.5. The van der Waals surface area contributed by atoms with Crippen LogP contribution in [-0.4, -0.2) is 7.11 Å². The first kappa shape index (κ1) is 15.1. The molecular formula is C19H16ClOP. The Labute approximate surface area is 137 Å². The molecule has 0 spiro atoms. The van der Waals surface area contributed by atoms with Crippen LogP contribution in [0.4, 0.5) is 0 Å². The summed E-state index contributed by atoms with van der Waals surface area (Å²) in [6.45, 7) is 0. The van der Waals surface area contributed by atoms with Gasteiger partial charge < -0.3 is 4.74 Å². The van der Waals surface area contributed by atoms with Gasteiger partial charge in [0.2, 0.25) is 0 Å². The summed E-state index contributed by atoms with van der Waals surface area (Å²) in [5, 5.41) is 4.49. The summed E-state index contributed by atoms with van der Waals surface area (Å²) in [6.07, 6.45) is 0. The van der Waals surface area contributed by atoms with Crippen molar-refractivity contribution in [1.29, 1.82) is 0 Å². The van der Waals surface area contributed by atoms with Gasteiger partial charge in [-0.2, -0.15) is 0 Å². The maximum Gasteiger partial charge on any atom is 0.137 e. The number of methoxy groups -OCH3 is 1. The minimum atomic E-state index is -0.620. The molecule has 1 nitrogen and oxygen atoms in total. The minimum Gasteiger partial charge on any atom is -0.495 e. The van der Waals surface area contributed by atoms with E-state index in [-0.39, 0.29) is 0 Å². The van der Waals surface area contributed by atoms with Gasteiger partial charge in [0.05, 0.1) is 12.1 Å². The normalized spacial score (nSPS) is 10.7. The van der Waals surface area contributed by atoms with Crippen LogP contribution >= 0.6 is 19.5 Å². The highest BCUT2D eigenvalue weighted by molar-refractivity contribution is 7.79.